The number of amides is 1. The van der Waals surface area contributed by atoms with Gasteiger partial charge in [0.1, 0.15) is 0 Å². The van der Waals surface area contributed by atoms with E-state index in [2.05, 4.69) is 15.3 Å². The molecule has 98 valence electrons. The Balaban J connectivity index is 1.89. The molecule has 1 aromatic carbocycles. The monoisotopic (exact) mass is 265 g/mol. The minimum atomic E-state index is -1.04. The molecule has 1 heterocycles. The van der Waals surface area contributed by atoms with Gasteiger partial charge in [-0.05, 0) is 18.2 Å². The number of carbonyl (C=O) groups excluding carboxylic acids is 1. The third-order valence-electron chi connectivity index (χ3n) is 2.08. The molecule has 0 fully saturated rings. The second-order valence-corrected chi connectivity index (χ2v) is 3.50. The zero-order valence-electron chi connectivity index (χ0n) is 9.64. The molecule has 0 atom stereocenters. The molecule has 5 nitrogen and oxygen atoms in total. The average Bonchev–Trinajstić information content (AvgIpc) is 2.42. The molecule has 19 heavy (non-hydrogen) atoms. The number of ether oxygens (including phenoxy) is 1. The van der Waals surface area contributed by atoms with E-state index in [1.54, 1.807) is 6.07 Å². The molecular formula is C12H9F2N3O2. The first-order valence-electron chi connectivity index (χ1n) is 5.30. The highest BCUT2D eigenvalue weighted by molar-refractivity contribution is 5.91. The Morgan fingerprint density at radius 1 is 1.21 bits per heavy atom. The van der Waals surface area contributed by atoms with E-state index in [1.165, 1.54) is 18.5 Å². The number of anilines is 1. The summed E-state index contributed by atoms with van der Waals surface area (Å²) in [5, 5.41) is 2.35. The van der Waals surface area contributed by atoms with Gasteiger partial charge in [0, 0.05) is 24.1 Å². The lowest BCUT2D eigenvalue weighted by molar-refractivity contribution is -0.118. The van der Waals surface area contributed by atoms with Gasteiger partial charge in [-0.15, -0.1) is 0 Å². The number of halogens is 2. The molecule has 0 radical (unpaired) electrons. The van der Waals surface area contributed by atoms with Gasteiger partial charge in [-0.1, -0.05) is 0 Å². The summed E-state index contributed by atoms with van der Waals surface area (Å²) in [7, 11) is 0. The maximum Gasteiger partial charge on any atom is 0.316 e. The van der Waals surface area contributed by atoms with Crippen molar-refractivity contribution in [3.63, 3.8) is 0 Å². The first-order valence-corrected chi connectivity index (χ1v) is 5.30. The molecule has 1 N–H and O–H groups in total. The maximum atomic E-state index is 12.9. The van der Waals surface area contributed by atoms with Gasteiger partial charge in [0.15, 0.2) is 18.2 Å². The Hall–Kier alpha value is -2.57. The fourth-order valence-corrected chi connectivity index (χ4v) is 1.26. The van der Waals surface area contributed by atoms with E-state index in [-0.39, 0.29) is 18.3 Å². The normalized spacial score (nSPS) is 10.0. The van der Waals surface area contributed by atoms with Gasteiger partial charge in [-0.2, -0.15) is 0 Å². The first-order chi connectivity index (χ1) is 9.15. The molecule has 0 saturated carbocycles. The van der Waals surface area contributed by atoms with Crippen molar-refractivity contribution in [2.75, 3.05) is 11.9 Å². The fraction of sp³-hybridized carbons (Fsp3) is 0.0833. The van der Waals surface area contributed by atoms with Crippen molar-refractivity contribution < 1.29 is 18.3 Å². The van der Waals surface area contributed by atoms with Crippen LogP contribution in [0.4, 0.5) is 14.5 Å². The molecule has 7 heteroatoms. The van der Waals surface area contributed by atoms with Gasteiger partial charge in [0.2, 0.25) is 0 Å². The number of hydrogen-bond donors (Lipinski definition) is 1. The SMILES string of the molecule is O=C(COc1ncccn1)Nc1ccc(F)c(F)c1. The van der Waals surface area contributed by atoms with Crippen LogP contribution in [0.25, 0.3) is 0 Å². The van der Waals surface area contributed by atoms with E-state index in [0.29, 0.717) is 0 Å². The van der Waals surface area contributed by atoms with Crippen LogP contribution in [-0.2, 0) is 4.79 Å². The summed E-state index contributed by atoms with van der Waals surface area (Å²) in [5.41, 5.74) is 0.140. The lowest BCUT2D eigenvalue weighted by Crippen LogP contribution is -2.20. The van der Waals surface area contributed by atoms with Gasteiger partial charge in [-0.25, -0.2) is 18.7 Å². The zero-order valence-corrected chi connectivity index (χ0v) is 9.64. The molecule has 0 aliphatic heterocycles. The predicted octanol–water partition coefficient (Wildman–Crippen LogP) is 1.77. The highest BCUT2D eigenvalue weighted by Gasteiger charge is 2.07. The van der Waals surface area contributed by atoms with Crippen LogP contribution in [0, 0.1) is 11.6 Å². The van der Waals surface area contributed by atoms with E-state index in [4.69, 9.17) is 4.74 Å². The van der Waals surface area contributed by atoms with Crippen molar-refractivity contribution in [1.29, 1.82) is 0 Å². The Labute approximate surface area is 107 Å². The molecular weight excluding hydrogens is 256 g/mol. The number of nitrogens with zero attached hydrogens (tertiary/aromatic N) is 2. The smallest absolute Gasteiger partial charge is 0.316 e. The summed E-state index contributed by atoms with van der Waals surface area (Å²) in [6, 6.07) is 4.71. The highest BCUT2D eigenvalue weighted by atomic mass is 19.2. The summed E-state index contributed by atoms with van der Waals surface area (Å²) in [5.74, 6) is -2.55. The number of benzene rings is 1. The largest absolute Gasteiger partial charge is 0.453 e. The van der Waals surface area contributed by atoms with E-state index >= 15 is 0 Å². The zero-order chi connectivity index (χ0) is 13.7. The quantitative estimate of drug-likeness (QED) is 0.915. The number of rotatable bonds is 4. The lowest BCUT2D eigenvalue weighted by Gasteiger charge is -2.06. The van der Waals surface area contributed by atoms with Crippen LogP contribution in [0.2, 0.25) is 0 Å². The minimum absolute atomic E-state index is 0.0583. The minimum Gasteiger partial charge on any atom is -0.453 e. The molecule has 0 saturated heterocycles. The van der Waals surface area contributed by atoms with Gasteiger partial charge < -0.3 is 10.1 Å². The first kappa shape index (κ1) is 12.9. The Bertz CT molecular complexity index is 578. The summed E-state index contributed by atoms with van der Waals surface area (Å²) in [6.45, 7) is -0.330. The number of aromatic nitrogens is 2. The number of nitrogens with one attached hydrogen (secondary N) is 1. The van der Waals surface area contributed by atoms with E-state index < -0.39 is 17.5 Å². The Morgan fingerprint density at radius 2 is 1.95 bits per heavy atom. The van der Waals surface area contributed by atoms with Crippen LogP contribution >= 0.6 is 0 Å². The summed E-state index contributed by atoms with van der Waals surface area (Å²) < 4.78 is 30.6. The molecule has 0 aliphatic carbocycles. The van der Waals surface area contributed by atoms with Gasteiger partial charge in [0.25, 0.3) is 5.91 Å². The molecule has 2 aromatic rings. The molecule has 2 rings (SSSR count). The van der Waals surface area contributed by atoms with E-state index in [9.17, 15) is 13.6 Å². The third-order valence-corrected chi connectivity index (χ3v) is 2.08. The fourth-order valence-electron chi connectivity index (χ4n) is 1.26. The number of hydrogen-bond acceptors (Lipinski definition) is 4. The van der Waals surface area contributed by atoms with Gasteiger partial charge in [-0.3, -0.25) is 4.79 Å². The van der Waals surface area contributed by atoms with Crippen molar-refractivity contribution in [3.8, 4) is 6.01 Å². The molecule has 0 spiro atoms. The second-order valence-electron chi connectivity index (χ2n) is 3.50. The maximum absolute atomic E-state index is 12.9. The van der Waals surface area contributed by atoms with Crippen LogP contribution in [0.5, 0.6) is 6.01 Å². The van der Waals surface area contributed by atoms with Gasteiger partial charge >= 0.3 is 6.01 Å². The van der Waals surface area contributed by atoms with Crippen LogP contribution in [-0.4, -0.2) is 22.5 Å². The molecule has 0 unspecified atom stereocenters. The molecule has 1 amide bonds. The van der Waals surface area contributed by atoms with Gasteiger partial charge in [0.05, 0.1) is 0 Å². The third kappa shape index (κ3) is 3.70. The number of carbonyl (C=O) groups is 1. The van der Waals surface area contributed by atoms with Crippen LogP contribution < -0.4 is 10.1 Å². The summed E-state index contributed by atoms with van der Waals surface area (Å²) in [6.07, 6.45) is 2.94. The lowest BCUT2D eigenvalue weighted by atomic mass is 10.3. The second kappa shape index (κ2) is 5.85. The van der Waals surface area contributed by atoms with E-state index in [1.807, 2.05) is 0 Å². The molecule has 0 bridgehead atoms. The van der Waals surface area contributed by atoms with Crippen molar-refractivity contribution >= 4 is 11.6 Å². The van der Waals surface area contributed by atoms with Crippen LogP contribution in [0.3, 0.4) is 0 Å². The van der Waals surface area contributed by atoms with Crippen LogP contribution in [0.1, 0.15) is 0 Å². The standard InChI is InChI=1S/C12H9F2N3O2/c13-9-3-2-8(6-10(9)14)17-11(18)7-19-12-15-4-1-5-16-12/h1-6H,7H2,(H,17,18). The van der Waals surface area contributed by atoms with Crippen molar-refractivity contribution in [1.82, 2.24) is 9.97 Å². The van der Waals surface area contributed by atoms with E-state index in [0.717, 1.165) is 12.1 Å². The average molecular weight is 265 g/mol. The molecule has 1 aromatic heterocycles. The van der Waals surface area contributed by atoms with Crippen molar-refractivity contribution in [3.05, 3.63) is 48.3 Å². The Kier molecular flexibility index (Phi) is 3.97. The highest BCUT2D eigenvalue weighted by Crippen LogP contribution is 2.12. The van der Waals surface area contributed by atoms with Crippen LogP contribution in [0.15, 0.2) is 36.7 Å². The molecule has 0 aliphatic rings. The predicted molar refractivity (Wildman–Crippen MR) is 62.5 cm³/mol. The Morgan fingerprint density at radius 3 is 2.63 bits per heavy atom. The van der Waals surface area contributed by atoms with Crippen molar-refractivity contribution in [2.24, 2.45) is 0 Å². The summed E-state index contributed by atoms with van der Waals surface area (Å²) in [4.78, 5) is 19.0. The topological polar surface area (TPSA) is 64.1 Å². The van der Waals surface area contributed by atoms with Crippen molar-refractivity contribution in [2.45, 2.75) is 0 Å². The summed E-state index contributed by atoms with van der Waals surface area (Å²) >= 11 is 0.